The van der Waals surface area contributed by atoms with Gasteiger partial charge in [-0.05, 0) is 38.8 Å². The van der Waals surface area contributed by atoms with Crippen molar-refractivity contribution in [3.63, 3.8) is 0 Å². The van der Waals surface area contributed by atoms with Gasteiger partial charge in [0.25, 0.3) is 0 Å². The average molecular weight is 556 g/mol. The van der Waals surface area contributed by atoms with Crippen LogP contribution >= 0.6 is 24.0 Å². The summed E-state index contributed by atoms with van der Waals surface area (Å²) in [4.78, 5) is 6.84. The van der Waals surface area contributed by atoms with E-state index in [1.54, 1.807) is 6.07 Å². The molecule has 2 aliphatic heterocycles. The summed E-state index contributed by atoms with van der Waals surface area (Å²) in [6.07, 6.45) is 2.43. The number of fused-ring (bicyclic) bond motifs is 1. The first-order chi connectivity index (χ1) is 14.5. The Morgan fingerprint density at radius 3 is 2.65 bits per heavy atom. The van der Waals surface area contributed by atoms with Crippen molar-refractivity contribution in [2.24, 2.45) is 4.99 Å². The molecule has 2 heterocycles. The molecule has 1 saturated heterocycles. The van der Waals surface area contributed by atoms with Crippen LogP contribution in [0.4, 0.5) is 8.78 Å². The number of guanidine groups is 1. The van der Waals surface area contributed by atoms with Crippen LogP contribution in [0.1, 0.15) is 31.7 Å². The number of halogens is 3. The zero-order valence-electron chi connectivity index (χ0n) is 17.6. The zero-order chi connectivity index (χ0) is 21.3. The van der Waals surface area contributed by atoms with E-state index < -0.39 is 6.61 Å². The molecule has 0 amide bonds. The van der Waals surface area contributed by atoms with Gasteiger partial charge in [-0.3, -0.25) is 0 Å². The number of likely N-dealkylation sites (tertiary alicyclic amines) is 1. The molecule has 176 valence electrons. The topological polar surface area (TPSA) is 87.6 Å². The van der Waals surface area contributed by atoms with Crippen LogP contribution in [-0.2, 0) is 6.54 Å². The van der Waals surface area contributed by atoms with Crippen molar-refractivity contribution in [3.8, 4) is 17.2 Å². The molecule has 31 heavy (non-hydrogen) atoms. The summed E-state index contributed by atoms with van der Waals surface area (Å²) in [5.74, 6) is 1.51. The third-order valence-electron chi connectivity index (χ3n) is 5.02. The molecule has 0 spiro atoms. The van der Waals surface area contributed by atoms with Crippen LogP contribution in [0.25, 0.3) is 0 Å². The van der Waals surface area contributed by atoms with E-state index in [1.165, 1.54) is 6.07 Å². The molecule has 3 N–H and O–H groups in total. The van der Waals surface area contributed by atoms with Crippen molar-refractivity contribution in [1.29, 1.82) is 0 Å². The number of alkyl halides is 2. The SMILES string of the molecule is CCNC(=NCc1cc2c(cc1OC(F)F)OCO2)NCCCN1CCC(O)CC1.I. The van der Waals surface area contributed by atoms with E-state index in [9.17, 15) is 13.9 Å². The lowest BCUT2D eigenvalue weighted by molar-refractivity contribution is -0.0505. The van der Waals surface area contributed by atoms with E-state index in [1.807, 2.05) is 6.92 Å². The van der Waals surface area contributed by atoms with Gasteiger partial charge in [-0.15, -0.1) is 24.0 Å². The van der Waals surface area contributed by atoms with Gasteiger partial charge in [0.2, 0.25) is 6.79 Å². The summed E-state index contributed by atoms with van der Waals surface area (Å²) in [6.45, 7) is 3.43. The Labute approximate surface area is 198 Å². The molecule has 11 heteroatoms. The van der Waals surface area contributed by atoms with E-state index in [0.717, 1.165) is 45.4 Å². The number of nitrogens with zero attached hydrogens (tertiary/aromatic N) is 2. The Balaban J connectivity index is 0.00000341. The molecule has 0 aliphatic carbocycles. The molecule has 2 aliphatic rings. The van der Waals surface area contributed by atoms with Gasteiger partial charge in [0.15, 0.2) is 17.5 Å². The minimum Gasteiger partial charge on any atom is -0.454 e. The number of piperidine rings is 1. The third-order valence-corrected chi connectivity index (χ3v) is 5.02. The van der Waals surface area contributed by atoms with Crippen LogP contribution in [0.15, 0.2) is 17.1 Å². The molecule has 1 aromatic rings. The van der Waals surface area contributed by atoms with Crippen LogP contribution < -0.4 is 24.8 Å². The zero-order valence-corrected chi connectivity index (χ0v) is 19.9. The Bertz CT molecular complexity index is 719. The highest BCUT2D eigenvalue weighted by Crippen LogP contribution is 2.39. The fraction of sp³-hybridized carbons (Fsp3) is 0.650. The lowest BCUT2D eigenvalue weighted by atomic mass is 10.1. The number of ether oxygens (including phenoxy) is 3. The van der Waals surface area contributed by atoms with E-state index in [-0.39, 0.29) is 49.2 Å². The van der Waals surface area contributed by atoms with Crippen LogP contribution in [0, 0.1) is 0 Å². The third kappa shape index (κ3) is 8.11. The predicted molar refractivity (Wildman–Crippen MR) is 124 cm³/mol. The van der Waals surface area contributed by atoms with Gasteiger partial charge in [-0.25, -0.2) is 4.99 Å². The fourth-order valence-corrected chi connectivity index (χ4v) is 3.45. The summed E-state index contributed by atoms with van der Waals surface area (Å²) >= 11 is 0. The summed E-state index contributed by atoms with van der Waals surface area (Å²) in [5, 5.41) is 16.0. The van der Waals surface area contributed by atoms with Crippen molar-refractivity contribution in [2.75, 3.05) is 39.5 Å². The first-order valence-electron chi connectivity index (χ1n) is 10.3. The molecular formula is C20H31F2IN4O4. The number of nitrogens with one attached hydrogen (secondary N) is 2. The molecule has 8 nitrogen and oxygen atoms in total. The summed E-state index contributed by atoms with van der Waals surface area (Å²) in [6, 6.07) is 3.03. The monoisotopic (exact) mass is 556 g/mol. The van der Waals surface area contributed by atoms with E-state index in [4.69, 9.17) is 9.47 Å². The number of benzene rings is 1. The number of hydrogen-bond acceptors (Lipinski definition) is 6. The number of aliphatic imine (C=N–C) groups is 1. The van der Waals surface area contributed by atoms with Crippen LogP contribution in [-0.4, -0.2) is 68.2 Å². The minimum atomic E-state index is -2.93. The summed E-state index contributed by atoms with van der Waals surface area (Å²) in [7, 11) is 0. The minimum absolute atomic E-state index is 0. The second-order valence-electron chi connectivity index (χ2n) is 7.24. The maximum Gasteiger partial charge on any atom is 0.387 e. The summed E-state index contributed by atoms with van der Waals surface area (Å²) in [5.41, 5.74) is 0.489. The molecule has 3 rings (SSSR count). The van der Waals surface area contributed by atoms with Crippen molar-refractivity contribution in [1.82, 2.24) is 15.5 Å². The molecule has 0 bridgehead atoms. The number of aliphatic hydroxyl groups excluding tert-OH is 1. The summed E-state index contributed by atoms with van der Waals surface area (Å²) < 4.78 is 40.8. The molecule has 0 atom stereocenters. The van der Waals surface area contributed by atoms with E-state index >= 15 is 0 Å². The maximum absolute atomic E-state index is 12.8. The number of hydrogen-bond donors (Lipinski definition) is 3. The second kappa shape index (κ2) is 13.1. The second-order valence-corrected chi connectivity index (χ2v) is 7.24. The number of rotatable bonds is 9. The van der Waals surface area contributed by atoms with Gasteiger partial charge in [-0.1, -0.05) is 0 Å². The molecule has 0 radical (unpaired) electrons. The predicted octanol–water partition coefficient (Wildman–Crippen LogP) is 2.54. The first kappa shape index (κ1) is 25.7. The fourth-order valence-electron chi connectivity index (χ4n) is 3.45. The Hall–Kier alpha value is -1.60. The Morgan fingerprint density at radius 2 is 1.97 bits per heavy atom. The van der Waals surface area contributed by atoms with Gasteiger partial charge in [0, 0.05) is 37.8 Å². The van der Waals surface area contributed by atoms with E-state index in [2.05, 4.69) is 25.3 Å². The normalized spacial score (nSPS) is 16.9. The van der Waals surface area contributed by atoms with Gasteiger partial charge in [0.05, 0.1) is 12.6 Å². The van der Waals surface area contributed by atoms with Gasteiger partial charge in [-0.2, -0.15) is 8.78 Å². The highest BCUT2D eigenvalue weighted by Gasteiger charge is 2.20. The maximum atomic E-state index is 12.8. The van der Waals surface area contributed by atoms with Gasteiger partial charge in [0.1, 0.15) is 5.75 Å². The van der Waals surface area contributed by atoms with Gasteiger partial charge >= 0.3 is 6.61 Å². The average Bonchev–Trinajstić information content (AvgIpc) is 3.17. The molecule has 1 fully saturated rings. The quantitative estimate of drug-likeness (QED) is 0.187. The van der Waals surface area contributed by atoms with Crippen molar-refractivity contribution >= 4 is 29.9 Å². The Morgan fingerprint density at radius 1 is 1.26 bits per heavy atom. The Kier molecular flexibility index (Phi) is 10.8. The highest BCUT2D eigenvalue weighted by molar-refractivity contribution is 14.0. The smallest absolute Gasteiger partial charge is 0.387 e. The molecule has 0 saturated carbocycles. The molecule has 0 aromatic heterocycles. The van der Waals surface area contributed by atoms with Crippen LogP contribution in [0.5, 0.6) is 17.2 Å². The number of aliphatic hydroxyl groups is 1. The van der Waals surface area contributed by atoms with Crippen molar-refractivity contribution < 1.29 is 28.1 Å². The van der Waals surface area contributed by atoms with Crippen LogP contribution in [0.2, 0.25) is 0 Å². The molecule has 0 unspecified atom stereocenters. The molecular weight excluding hydrogens is 525 g/mol. The van der Waals surface area contributed by atoms with Crippen molar-refractivity contribution in [3.05, 3.63) is 17.7 Å². The van der Waals surface area contributed by atoms with Gasteiger partial charge < -0.3 is 34.9 Å². The van der Waals surface area contributed by atoms with Crippen LogP contribution in [0.3, 0.4) is 0 Å². The largest absolute Gasteiger partial charge is 0.454 e. The van der Waals surface area contributed by atoms with E-state index in [0.29, 0.717) is 29.6 Å². The first-order valence-corrected chi connectivity index (χ1v) is 10.3. The highest BCUT2D eigenvalue weighted by atomic mass is 127. The standard InChI is InChI=1S/C20H30F2N4O4.HI/c1-2-23-20(24-6-3-7-26-8-4-15(27)5-9-26)25-12-14-10-17-18(29-13-28-17)11-16(14)30-19(21)22;/h10-11,15,19,27H,2-9,12-13H2,1H3,(H2,23,24,25);1H. The molecule has 1 aromatic carbocycles. The lowest BCUT2D eigenvalue weighted by Crippen LogP contribution is -2.40. The van der Waals surface area contributed by atoms with Crippen molar-refractivity contribution in [2.45, 2.75) is 45.4 Å². The lowest BCUT2D eigenvalue weighted by Gasteiger charge is -2.29.